The van der Waals surface area contributed by atoms with Crippen molar-refractivity contribution in [2.45, 2.75) is 0 Å². The molecule has 0 bridgehead atoms. The summed E-state index contributed by atoms with van der Waals surface area (Å²) in [7, 11) is 0. The molecule has 0 aliphatic carbocycles. The van der Waals surface area contributed by atoms with E-state index in [1.807, 2.05) is 60.0 Å². The largest absolute Gasteiger partial charge is 0.435 e. The first kappa shape index (κ1) is 15.1. The summed E-state index contributed by atoms with van der Waals surface area (Å²) in [4.78, 5) is 4.66. The van der Waals surface area contributed by atoms with E-state index < -0.39 is 0 Å². The van der Waals surface area contributed by atoms with Crippen LogP contribution in [0, 0.1) is 0 Å². The Morgan fingerprint density at radius 1 is 1.08 bits per heavy atom. The lowest BCUT2D eigenvalue weighted by molar-refractivity contribution is 0.277. The molecule has 0 spiro atoms. The summed E-state index contributed by atoms with van der Waals surface area (Å²) in [6, 6.07) is 17.5. The molecule has 0 amide bonds. The zero-order chi connectivity index (χ0) is 16.5. The van der Waals surface area contributed by atoms with Crippen molar-refractivity contribution in [2.75, 3.05) is 0 Å². The average molecular weight is 399 g/mol. The van der Waals surface area contributed by atoms with Gasteiger partial charge in [-0.15, -0.1) is 11.3 Å². The zero-order valence-electron chi connectivity index (χ0n) is 12.3. The van der Waals surface area contributed by atoms with E-state index in [0.717, 1.165) is 26.1 Å². The molecular formula is C18H11BrN2O2S. The maximum absolute atomic E-state index is 9.32. The van der Waals surface area contributed by atoms with Crippen LogP contribution in [0.2, 0.25) is 0 Å². The summed E-state index contributed by atoms with van der Waals surface area (Å²) in [5.41, 5.74) is 3.39. The third-order valence-electron chi connectivity index (χ3n) is 3.60. The van der Waals surface area contributed by atoms with Crippen molar-refractivity contribution < 1.29 is 9.62 Å². The van der Waals surface area contributed by atoms with Crippen LogP contribution in [0.15, 0.2) is 74.0 Å². The molecule has 0 unspecified atom stereocenters. The van der Waals surface area contributed by atoms with Crippen LogP contribution < -0.4 is 5.55 Å². The molecular weight excluding hydrogens is 388 g/mol. The number of benzene rings is 2. The number of fused-ring (bicyclic) bond motifs is 1. The predicted molar refractivity (Wildman–Crippen MR) is 97.8 cm³/mol. The quantitative estimate of drug-likeness (QED) is 0.369. The molecule has 4 aromatic rings. The Kier molecular flexibility index (Phi) is 3.92. The maximum Gasteiger partial charge on any atom is 0.265 e. The van der Waals surface area contributed by atoms with E-state index in [1.165, 1.54) is 11.3 Å². The number of halogens is 1. The van der Waals surface area contributed by atoms with Crippen LogP contribution >= 0.6 is 27.3 Å². The van der Waals surface area contributed by atoms with Crippen LogP contribution in [0.1, 0.15) is 0 Å². The van der Waals surface area contributed by atoms with Crippen molar-refractivity contribution in [1.82, 2.24) is 4.98 Å². The number of aromatic nitrogens is 1. The first-order chi connectivity index (χ1) is 11.7. The molecule has 4 nitrogen and oxygen atoms in total. The minimum Gasteiger partial charge on any atom is -0.435 e. The maximum atomic E-state index is 9.32. The number of thiazole rings is 1. The summed E-state index contributed by atoms with van der Waals surface area (Å²) in [5.74, 6) is 0. The Bertz CT molecular complexity index is 1090. The molecule has 6 heteroatoms. The van der Waals surface area contributed by atoms with Gasteiger partial charge in [0.05, 0.1) is 11.3 Å². The molecule has 2 heterocycles. The highest BCUT2D eigenvalue weighted by molar-refractivity contribution is 9.10. The zero-order valence-corrected chi connectivity index (χ0v) is 14.7. The number of nitrogens with zero attached hydrogens (tertiary/aromatic N) is 2. The van der Waals surface area contributed by atoms with Crippen molar-refractivity contribution in [3.63, 3.8) is 0 Å². The topological polar surface area (TPSA) is 58.6 Å². The minimum atomic E-state index is 0.152. The lowest BCUT2D eigenvalue weighted by Gasteiger charge is -2.02. The van der Waals surface area contributed by atoms with E-state index in [9.17, 15) is 5.21 Å². The highest BCUT2D eigenvalue weighted by atomic mass is 79.9. The van der Waals surface area contributed by atoms with E-state index in [1.54, 1.807) is 0 Å². The summed E-state index contributed by atoms with van der Waals surface area (Å²) >= 11 is 4.94. The fourth-order valence-electron chi connectivity index (χ4n) is 2.47. The molecule has 0 fully saturated rings. The van der Waals surface area contributed by atoms with E-state index in [2.05, 4.69) is 26.1 Å². The second kappa shape index (κ2) is 6.22. The summed E-state index contributed by atoms with van der Waals surface area (Å²) in [5, 5.41) is 16.2. The molecule has 0 atom stereocenters. The van der Waals surface area contributed by atoms with Crippen molar-refractivity contribution in [1.29, 1.82) is 0 Å². The molecule has 2 aromatic carbocycles. The third kappa shape index (κ3) is 2.74. The van der Waals surface area contributed by atoms with Crippen molar-refractivity contribution in [3.05, 3.63) is 70.0 Å². The van der Waals surface area contributed by atoms with Gasteiger partial charge in [0.1, 0.15) is 10.6 Å². The van der Waals surface area contributed by atoms with Gasteiger partial charge in [-0.1, -0.05) is 46.3 Å². The summed E-state index contributed by atoms with van der Waals surface area (Å²) < 4.78 is 6.65. The monoisotopic (exact) mass is 398 g/mol. The second-order valence-corrected chi connectivity index (χ2v) is 6.93. The van der Waals surface area contributed by atoms with Crippen molar-refractivity contribution >= 4 is 38.2 Å². The van der Waals surface area contributed by atoms with Gasteiger partial charge in [0.15, 0.2) is 0 Å². The van der Waals surface area contributed by atoms with Gasteiger partial charge in [-0.25, -0.2) is 4.98 Å². The van der Waals surface area contributed by atoms with Gasteiger partial charge < -0.3 is 9.62 Å². The summed E-state index contributed by atoms with van der Waals surface area (Å²) in [6.07, 6.45) is 0. The second-order valence-electron chi connectivity index (χ2n) is 5.15. The number of hydrogen-bond donors (Lipinski definition) is 1. The molecule has 118 valence electrons. The fraction of sp³-hybridized carbons (Fsp3) is 0. The lowest BCUT2D eigenvalue weighted by atomic mass is 10.1. The lowest BCUT2D eigenvalue weighted by Crippen LogP contribution is -2.05. The smallest absolute Gasteiger partial charge is 0.265 e. The van der Waals surface area contributed by atoms with Crippen LogP contribution in [-0.4, -0.2) is 10.2 Å². The van der Waals surface area contributed by atoms with E-state index >= 15 is 0 Å². The minimum absolute atomic E-state index is 0.152. The highest BCUT2D eigenvalue weighted by Gasteiger charge is 2.12. The molecule has 0 saturated carbocycles. The Labute approximate surface area is 149 Å². The molecule has 0 radical (unpaired) electrons. The molecule has 0 saturated heterocycles. The van der Waals surface area contributed by atoms with E-state index in [0.29, 0.717) is 11.1 Å². The molecule has 0 aliphatic heterocycles. The van der Waals surface area contributed by atoms with E-state index in [-0.39, 0.29) is 5.55 Å². The van der Waals surface area contributed by atoms with Gasteiger partial charge in [-0.3, -0.25) is 0 Å². The van der Waals surface area contributed by atoms with Gasteiger partial charge in [0, 0.05) is 20.8 Å². The standard InChI is InChI=1S/C18H11BrN2O2S/c19-13-6-7-16-12(8-13)9-14(17(21-22)23-16)18-20-15(10-24-18)11-4-2-1-3-5-11/h1-10,22H/b21-17+. The van der Waals surface area contributed by atoms with Crippen molar-refractivity contribution in [3.8, 4) is 21.8 Å². The Hall–Kier alpha value is -2.44. The molecule has 2 aromatic heterocycles. The molecule has 0 aliphatic rings. The average Bonchev–Trinajstić information content (AvgIpc) is 3.11. The van der Waals surface area contributed by atoms with Gasteiger partial charge in [-0.2, -0.15) is 0 Å². The van der Waals surface area contributed by atoms with Gasteiger partial charge in [-0.05, 0) is 29.4 Å². The van der Waals surface area contributed by atoms with Crippen LogP contribution in [0.25, 0.3) is 32.8 Å². The predicted octanol–water partition coefficient (Wildman–Crippen LogP) is 5.28. The molecule has 1 N–H and O–H groups in total. The summed E-state index contributed by atoms with van der Waals surface area (Å²) in [6.45, 7) is 0. The SMILES string of the molecule is O/N=c1/oc2ccc(Br)cc2cc1-c1nc(-c2ccccc2)cs1. The molecule has 4 rings (SSSR count). The molecule has 24 heavy (non-hydrogen) atoms. The van der Waals surface area contributed by atoms with E-state index in [4.69, 9.17) is 4.42 Å². The van der Waals surface area contributed by atoms with Gasteiger partial charge in [0.25, 0.3) is 5.55 Å². The Morgan fingerprint density at radius 3 is 2.71 bits per heavy atom. The van der Waals surface area contributed by atoms with Gasteiger partial charge in [0.2, 0.25) is 0 Å². The van der Waals surface area contributed by atoms with Crippen LogP contribution in [0.4, 0.5) is 0 Å². The van der Waals surface area contributed by atoms with Crippen molar-refractivity contribution in [2.24, 2.45) is 5.16 Å². The fourth-order valence-corrected chi connectivity index (χ4v) is 3.68. The van der Waals surface area contributed by atoms with Crippen LogP contribution in [0.3, 0.4) is 0 Å². The normalized spacial score (nSPS) is 12.0. The first-order valence-corrected chi connectivity index (χ1v) is 8.85. The third-order valence-corrected chi connectivity index (χ3v) is 4.97. The Morgan fingerprint density at radius 2 is 1.92 bits per heavy atom. The Balaban J connectivity index is 1.89. The van der Waals surface area contributed by atoms with Crippen LogP contribution in [0.5, 0.6) is 0 Å². The van der Waals surface area contributed by atoms with Crippen LogP contribution in [-0.2, 0) is 0 Å². The first-order valence-electron chi connectivity index (χ1n) is 7.17. The highest BCUT2D eigenvalue weighted by Crippen LogP contribution is 2.29. The number of hydrogen-bond acceptors (Lipinski definition) is 5. The van der Waals surface area contributed by atoms with Gasteiger partial charge >= 0.3 is 0 Å². The number of rotatable bonds is 2.